The summed E-state index contributed by atoms with van der Waals surface area (Å²) >= 11 is 3.08. The van der Waals surface area contributed by atoms with Gasteiger partial charge in [0.1, 0.15) is 10.6 Å². The van der Waals surface area contributed by atoms with E-state index in [2.05, 4.69) is 22.4 Å². The predicted molar refractivity (Wildman–Crippen MR) is 178 cm³/mol. The zero-order chi connectivity index (χ0) is 35.5. The summed E-state index contributed by atoms with van der Waals surface area (Å²) in [5.41, 5.74) is 2.86. The fraction of sp³-hybridized carbons (Fsp3) is 0.250. The third-order valence-electron chi connectivity index (χ3n) is 8.39. The van der Waals surface area contributed by atoms with Gasteiger partial charge in [-0.3, -0.25) is 4.79 Å². The second-order valence-electron chi connectivity index (χ2n) is 11.6. The third kappa shape index (κ3) is 7.44. The Morgan fingerprint density at radius 2 is 1.50 bits per heavy atom. The fourth-order valence-electron chi connectivity index (χ4n) is 5.64. The Hall–Kier alpha value is -4.21. The monoisotopic (exact) mass is 727 g/mol. The molecule has 0 saturated carbocycles. The van der Waals surface area contributed by atoms with Gasteiger partial charge in [-0.1, -0.05) is 103 Å². The Morgan fingerprint density at radius 1 is 0.860 bits per heavy atom. The minimum Gasteiger partial charge on any atom is -0.392 e. The molecular formula is C36H30F5N3O4S2. The lowest BCUT2D eigenvalue weighted by Gasteiger charge is -2.41. The molecule has 260 valence electrons. The molecule has 1 amide bonds. The van der Waals surface area contributed by atoms with E-state index < -0.39 is 46.8 Å². The highest BCUT2D eigenvalue weighted by molar-refractivity contribution is 8.01. The predicted octanol–water partition coefficient (Wildman–Crippen LogP) is 8.22. The van der Waals surface area contributed by atoms with Gasteiger partial charge in [0.05, 0.1) is 18.8 Å². The minimum absolute atomic E-state index is 0.0287. The number of aromatic nitrogens is 2. The molecule has 1 saturated heterocycles. The summed E-state index contributed by atoms with van der Waals surface area (Å²) in [6.45, 7) is 3.65. The summed E-state index contributed by atoms with van der Waals surface area (Å²) in [7, 11) is 0. The molecule has 4 atom stereocenters. The van der Waals surface area contributed by atoms with Gasteiger partial charge in [-0.15, -0.1) is 10.2 Å². The molecule has 1 aliphatic rings. The molecule has 4 aromatic carbocycles. The number of carbonyl (C=O) groups excluding carboxylic acids is 1. The Balaban J connectivity index is 1.21. The van der Waals surface area contributed by atoms with Crippen molar-refractivity contribution in [3.63, 3.8) is 0 Å². The first kappa shape index (κ1) is 35.6. The molecular weight excluding hydrogens is 698 g/mol. The molecule has 5 aromatic rings. The van der Waals surface area contributed by atoms with Crippen LogP contribution in [0, 0.1) is 41.9 Å². The van der Waals surface area contributed by atoms with Crippen molar-refractivity contribution in [2.75, 3.05) is 5.75 Å². The number of hydrogen-bond donors (Lipinski definition) is 2. The number of ether oxygens (including phenoxy) is 2. The van der Waals surface area contributed by atoms with Crippen LogP contribution < -0.4 is 5.32 Å². The SMILES string of the molecule is Cc1nnc(SC[C@H]2O[C@@H](c3ccc(-c4ccccc4CNC(=O)c4c(F)c(F)c(F)c(F)c4F)cc3)O[C@@H](c3ccc(CO)cc3)[C@H]2C)s1. The molecule has 14 heteroatoms. The molecule has 2 N–H and O–H groups in total. The molecule has 1 aliphatic heterocycles. The maximum Gasteiger partial charge on any atom is 0.257 e. The molecule has 1 aromatic heterocycles. The number of nitrogens with zero attached hydrogens (tertiary/aromatic N) is 2. The van der Waals surface area contributed by atoms with Crippen molar-refractivity contribution in [1.29, 1.82) is 0 Å². The van der Waals surface area contributed by atoms with E-state index >= 15 is 0 Å². The van der Waals surface area contributed by atoms with Gasteiger partial charge < -0.3 is 19.9 Å². The van der Waals surface area contributed by atoms with Crippen molar-refractivity contribution in [2.45, 2.75) is 49.8 Å². The van der Waals surface area contributed by atoms with Crippen LogP contribution in [0.4, 0.5) is 22.0 Å². The number of halogens is 5. The summed E-state index contributed by atoms with van der Waals surface area (Å²) in [6.07, 6.45) is -1.25. The zero-order valence-electron chi connectivity index (χ0n) is 26.6. The molecule has 1 fully saturated rings. The Bertz CT molecular complexity index is 1970. The normalized spacial score (nSPS) is 19.0. The summed E-state index contributed by atoms with van der Waals surface area (Å²) in [6, 6.07) is 21.9. The number of nitrogens with one attached hydrogen (secondary N) is 1. The maximum absolute atomic E-state index is 14.2. The smallest absolute Gasteiger partial charge is 0.257 e. The number of thioether (sulfide) groups is 1. The summed E-state index contributed by atoms with van der Waals surface area (Å²) in [5.74, 6) is -12.0. The van der Waals surface area contributed by atoms with Gasteiger partial charge in [0.15, 0.2) is 33.9 Å². The number of benzene rings is 4. The van der Waals surface area contributed by atoms with Crippen LogP contribution >= 0.6 is 23.1 Å². The largest absolute Gasteiger partial charge is 0.392 e. The first-order chi connectivity index (χ1) is 24.0. The lowest BCUT2D eigenvalue weighted by Crippen LogP contribution is -2.38. The molecule has 6 rings (SSSR count). The summed E-state index contributed by atoms with van der Waals surface area (Å²) in [5, 5.41) is 21.0. The number of carbonyl (C=O) groups is 1. The number of amides is 1. The van der Waals surface area contributed by atoms with Crippen LogP contribution in [-0.2, 0) is 22.6 Å². The van der Waals surface area contributed by atoms with Crippen LogP contribution in [0.3, 0.4) is 0 Å². The molecule has 0 unspecified atom stereocenters. The molecule has 2 heterocycles. The highest BCUT2D eigenvalue weighted by Gasteiger charge is 2.38. The number of aryl methyl sites for hydroxylation is 1. The van der Waals surface area contributed by atoms with Crippen LogP contribution in [0.5, 0.6) is 0 Å². The molecule has 50 heavy (non-hydrogen) atoms. The van der Waals surface area contributed by atoms with Gasteiger partial charge in [-0.2, -0.15) is 0 Å². The minimum atomic E-state index is -2.34. The van der Waals surface area contributed by atoms with Crippen LogP contribution in [0.15, 0.2) is 77.1 Å². The van der Waals surface area contributed by atoms with Gasteiger partial charge >= 0.3 is 0 Å². The number of aliphatic hydroxyl groups excluding tert-OH is 1. The first-order valence-electron chi connectivity index (χ1n) is 15.5. The third-order valence-corrected chi connectivity index (χ3v) is 10.5. The van der Waals surface area contributed by atoms with Crippen LogP contribution in [0.2, 0.25) is 0 Å². The number of hydrogen-bond acceptors (Lipinski definition) is 8. The average molecular weight is 728 g/mol. The van der Waals surface area contributed by atoms with E-state index in [1.54, 1.807) is 36.0 Å². The van der Waals surface area contributed by atoms with Crippen molar-refractivity contribution >= 4 is 29.0 Å². The van der Waals surface area contributed by atoms with Crippen molar-refractivity contribution in [2.24, 2.45) is 5.92 Å². The quantitative estimate of drug-likeness (QED) is 0.0649. The second kappa shape index (κ2) is 15.4. The van der Waals surface area contributed by atoms with Crippen molar-refractivity contribution in [3.05, 3.63) is 135 Å². The maximum atomic E-state index is 14.2. The van der Waals surface area contributed by atoms with Crippen molar-refractivity contribution in [3.8, 4) is 11.1 Å². The number of aliphatic hydroxyl groups is 1. The molecule has 0 radical (unpaired) electrons. The lowest BCUT2D eigenvalue weighted by molar-refractivity contribution is -0.268. The molecule has 7 nitrogen and oxygen atoms in total. The van der Waals surface area contributed by atoms with E-state index in [9.17, 15) is 31.9 Å². The molecule has 0 bridgehead atoms. The molecule has 0 spiro atoms. The van der Waals surface area contributed by atoms with Gasteiger partial charge in [-0.25, -0.2) is 22.0 Å². The summed E-state index contributed by atoms with van der Waals surface area (Å²) in [4.78, 5) is 12.6. The van der Waals surface area contributed by atoms with Crippen LogP contribution in [0.1, 0.15) is 56.9 Å². The van der Waals surface area contributed by atoms with Crippen molar-refractivity contribution < 1.29 is 41.3 Å². The van der Waals surface area contributed by atoms with Gasteiger partial charge in [0.2, 0.25) is 5.82 Å². The number of rotatable bonds is 10. The van der Waals surface area contributed by atoms with Crippen molar-refractivity contribution in [1.82, 2.24) is 15.5 Å². The van der Waals surface area contributed by atoms with E-state index in [-0.39, 0.29) is 31.3 Å². The van der Waals surface area contributed by atoms with E-state index in [0.717, 1.165) is 31.6 Å². The van der Waals surface area contributed by atoms with E-state index in [4.69, 9.17) is 9.47 Å². The highest BCUT2D eigenvalue weighted by atomic mass is 32.2. The average Bonchev–Trinajstić information content (AvgIpc) is 3.56. The van der Waals surface area contributed by atoms with E-state index in [0.29, 0.717) is 16.9 Å². The zero-order valence-corrected chi connectivity index (χ0v) is 28.3. The highest BCUT2D eigenvalue weighted by Crippen LogP contribution is 2.43. The topological polar surface area (TPSA) is 93.6 Å². The lowest BCUT2D eigenvalue weighted by atomic mass is 9.91. The van der Waals surface area contributed by atoms with Gasteiger partial charge in [0.25, 0.3) is 5.91 Å². The standard InChI is InChI=1S/C36H30F5N3O4S2/c1-18-26(17-49-36-44-43-19(2)50-36)47-35(48-33(18)22-9-7-20(16-45)8-10-22)23-13-11-21(12-14-23)25-6-4-3-5-24(25)15-42-34(46)27-28(37)30(39)32(41)31(40)29(27)38/h3-14,18,26,33,35,45H,15-17H2,1-2H3,(H,42,46)/t18-,26+,33+,35+/m0/s1. The van der Waals surface area contributed by atoms with Crippen LogP contribution in [0.25, 0.3) is 11.1 Å². The molecule has 0 aliphatic carbocycles. The first-order valence-corrected chi connectivity index (χ1v) is 17.3. The summed E-state index contributed by atoms with van der Waals surface area (Å²) < 4.78 is 83.2. The van der Waals surface area contributed by atoms with E-state index in [1.165, 1.54) is 11.3 Å². The Labute approximate surface area is 292 Å². The van der Waals surface area contributed by atoms with Gasteiger partial charge in [-0.05, 0) is 34.7 Å². The second-order valence-corrected chi connectivity index (χ2v) is 14.1. The van der Waals surface area contributed by atoms with Gasteiger partial charge in [0, 0.05) is 23.8 Å². The van der Waals surface area contributed by atoms with Crippen LogP contribution in [-0.4, -0.2) is 33.1 Å². The Kier molecular flexibility index (Phi) is 10.9. The fourth-order valence-corrected chi connectivity index (χ4v) is 7.65. The van der Waals surface area contributed by atoms with E-state index in [1.807, 2.05) is 55.5 Å². The Morgan fingerprint density at radius 3 is 2.14 bits per heavy atom.